The molecule has 0 fully saturated rings. The van der Waals surface area contributed by atoms with Crippen LogP contribution in [0.3, 0.4) is 0 Å². The van der Waals surface area contributed by atoms with E-state index in [1.165, 1.54) is 30.3 Å². The van der Waals surface area contributed by atoms with Crippen molar-refractivity contribution in [1.82, 2.24) is 0 Å². The third-order valence-corrected chi connectivity index (χ3v) is 2.93. The second-order valence-corrected chi connectivity index (χ2v) is 4.62. The first-order valence-corrected chi connectivity index (χ1v) is 6.15. The number of amides is 1. The molecule has 0 aliphatic carbocycles. The molecule has 7 heteroatoms. The molecular formula is C14H10ClFN2O3. The van der Waals surface area contributed by atoms with E-state index < -0.39 is 17.7 Å². The Kier molecular flexibility index (Phi) is 4.09. The maximum Gasteiger partial charge on any atom is 0.337 e. The van der Waals surface area contributed by atoms with Crippen molar-refractivity contribution in [3.63, 3.8) is 0 Å². The van der Waals surface area contributed by atoms with Gasteiger partial charge in [0.15, 0.2) is 0 Å². The van der Waals surface area contributed by atoms with Crippen molar-refractivity contribution in [1.29, 1.82) is 0 Å². The summed E-state index contributed by atoms with van der Waals surface area (Å²) in [6.45, 7) is 0. The first-order valence-electron chi connectivity index (χ1n) is 5.77. The van der Waals surface area contributed by atoms with E-state index in [2.05, 4.69) is 5.32 Å². The van der Waals surface area contributed by atoms with Crippen LogP contribution < -0.4 is 11.1 Å². The van der Waals surface area contributed by atoms with Gasteiger partial charge < -0.3 is 16.2 Å². The predicted octanol–water partition coefficient (Wildman–Crippen LogP) is 3.01. The van der Waals surface area contributed by atoms with E-state index in [1.54, 1.807) is 0 Å². The summed E-state index contributed by atoms with van der Waals surface area (Å²) in [5, 5.41) is 11.6. The summed E-state index contributed by atoms with van der Waals surface area (Å²) < 4.78 is 13.6. The van der Waals surface area contributed by atoms with Gasteiger partial charge in [0, 0.05) is 10.7 Å². The minimum Gasteiger partial charge on any atom is -0.478 e. The minimum atomic E-state index is -1.26. The average Bonchev–Trinajstić information content (AvgIpc) is 2.40. The molecule has 0 unspecified atom stereocenters. The lowest BCUT2D eigenvalue weighted by Crippen LogP contribution is -2.16. The van der Waals surface area contributed by atoms with Crippen LogP contribution in [0.5, 0.6) is 0 Å². The van der Waals surface area contributed by atoms with Crippen LogP contribution >= 0.6 is 11.6 Å². The standard InChI is InChI=1S/C14H10ClFN2O3/c15-7-1-4-12(10(5-7)14(20)21)18-13(19)9-3-2-8(17)6-11(9)16/h1-6H,17H2,(H,18,19)(H,20,21). The topological polar surface area (TPSA) is 92.4 Å². The lowest BCUT2D eigenvalue weighted by molar-refractivity contribution is 0.0698. The van der Waals surface area contributed by atoms with Crippen molar-refractivity contribution in [2.24, 2.45) is 0 Å². The Labute approximate surface area is 124 Å². The van der Waals surface area contributed by atoms with Crippen LogP contribution in [-0.2, 0) is 0 Å². The Morgan fingerprint density at radius 1 is 1.14 bits per heavy atom. The highest BCUT2D eigenvalue weighted by atomic mass is 35.5. The molecule has 0 heterocycles. The SMILES string of the molecule is Nc1ccc(C(=O)Nc2ccc(Cl)cc2C(=O)O)c(F)c1. The van der Waals surface area contributed by atoms with Crippen LogP contribution in [0.4, 0.5) is 15.8 Å². The number of rotatable bonds is 3. The van der Waals surface area contributed by atoms with Gasteiger partial charge in [0.1, 0.15) is 5.82 Å². The lowest BCUT2D eigenvalue weighted by atomic mass is 10.1. The van der Waals surface area contributed by atoms with Crippen LogP contribution in [0, 0.1) is 5.82 Å². The summed E-state index contributed by atoms with van der Waals surface area (Å²) in [6, 6.07) is 7.55. The molecule has 0 aromatic heterocycles. The summed E-state index contributed by atoms with van der Waals surface area (Å²) in [5.41, 5.74) is 5.17. The number of hydrogen-bond donors (Lipinski definition) is 3. The maximum absolute atomic E-state index is 13.6. The van der Waals surface area contributed by atoms with Crippen LogP contribution in [-0.4, -0.2) is 17.0 Å². The van der Waals surface area contributed by atoms with Crippen molar-refractivity contribution < 1.29 is 19.1 Å². The number of carbonyl (C=O) groups excluding carboxylic acids is 1. The Balaban J connectivity index is 2.34. The van der Waals surface area contributed by atoms with Gasteiger partial charge in [-0.3, -0.25) is 4.79 Å². The number of halogens is 2. The molecule has 2 aromatic rings. The van der Waals surface area contributed by atoms with Crippen LogP contribution in [0.1, 0.15) is 20.7 Å². The van der Waals surface area contributed by atoms with Crippen molar-refractivity contribution in [3.8, 4) is 0 Å². The number of hydrogen-bond acceptors (Lipinski definition) is 3. The molecule has 0 aliphatic rings. The van der Waals surface area contributed by atoms with Gasteiger partial charge in [-0.25, -0.2) is 9.18 Å². The molecule has 5 nitrogen and oxygen atoms in total. The quantitative estimate of drug-likeness (QED) is 0.760. The lowest BCUT2D eigenvalue weighted by Gasteiger charge is -2.09. The molecule has 0 atom stereocenters. The van der Waals surface area contributed by atoms with Gasteiger partial charge in [-0.15, -0.1) is 0 Å². The molecule has 21 heavy (non-hydrogen) atoms. The predicted molar refractivity (Wildman–Crippen MR) is 77.2 cm³/mol. The molecule has 0 saturated carbocycles. The Morgan fingerprint density at radius 3 is 2.48 bits per heavy atom. The Hall–Kier alpha value is -2.60. The second kappa shape index (κ2) is 5.80. The summed E-state index contributed by atoms with van der Waals surface area (Å²) in [4.78, 5) is 23.1. The monoisotopic (exact) mass is 308 g/mol. The van der Waals surface area contributed by atoms with E-state index in [9.17, 15) is 14.0 Å². The van der Waals surface area contributed by atoms with Crippen molar-refractivity contribution in [2.45, 2.75) is 0 Å². The first-order chi connectivity index (χ1) is 9.88. The number of carboxylic acids is 1. The Bertz CT molecular complexity index is 734. The molecule has 1 amide bonds. The molecule has 0 radical (unpaired) electrons. The number of anilines is 2. The smallest absolute Gasteiger partial charge is 0.337 e. The molecule has 2 rings (SSSR count). The van der Waals surface area contributed by atoms with E-state index in [0.717, 1.165) is 6.07 Å². The number of nitrogens with one attached hydrogen (secondary N) is 1. The number of carboxylic acid groups (broad SMARTS) is 1. The normalized spacial score (nSPS) is 10.2. The molecule has 0 spiro atoms. The molecule has 0 saturated heterocycles. The minimum absolute atomic E-state index is 0.0214. The zero-order valence-electron chi connectivity index (χ0n) is 10.6. The number of carbonyl (C=O) groups is 2. The van der Waals surface area contributed by atoms with E-state index >= 15 is 0 Å². The van der Waals surface area contributed by atoms with Gasteiger partial charge >= 0.3 is 5.97 Å². The van der Waals surface area contributed by atoms with Gasteiger partial charge in [0.05, 0.1) is 16.8 Å². The Morgan fingerprint density at radius 2 is 1.86 bits per heavy atom. The third-order valence-electron chi connectivity index (χ3n) is 2.70. The average molecular weight is 309 g/mol. The van der Waals surface area contributed by atoms with E-state index in [4.69, 9.17) is 22.4 Å². The van der Waals surface area contributed by atoms with E-state index in [1.807, 2.05) is 0 Å². The number of aromatic carboxylic acids is 1. The van der Waals surface area contributed by atoms with Gasteiger partial charge in [0.2, 0.25) is 0 Å². The van der Waals surface area contributed by atoms with E-state index in [0.29, 0.717) is 0 Å². The van der Waals surface area contributed by atoms with Crippen LogP contribution in [0.2, 0.25) is 5.02 Å². The third kappa shape index (κ3) is 3.29. The molecular weight excluding hydrogens is 299 g/mol. The van der Waals surface area contributed by atoms with Gasteiger partial charge in [0.25, 0.3) is 5.91 Å². The zero-order chi connectivity index (χ0) is 15.6. The highest BCUT2D eigenvalue weighted by Gasteiger charge is 2.16. The largest absolute Gasteiger partial charge is 0.478 e. The number of nitrogens with two attached hydrogens (primary N) is 1. The highest BCUT2D eigenvalue weighted by molar-refractivity contribution is 6.31. The zero-order valence-corrected chi connectivity index (χ0v) is 11.3. The summed E-state index contributed by atoms with van der Waals surface area (Å²) in [5.74, 6) is -2.83. The van der Waals surface area contributed by atoms with Crippen molar-refractivity contribution >= 4 is 34.9 Å². The fourth-order valence-electron chi connectivity index (χ4n) is 1.71. The molecule has 0 bridgehead atoms. The summed E-state index contributed by atoms with van der Waals surface area (Å²) in [7, 11) is 0. The number of nitrogen functional groups attached to an aromatic ring is 1. The highest BCUT2D eigenvalue weighted by Crippen LogP contribution is 2.22. The van der Waals surface area contributed by atoms with Gasteiger partial charge in [-0.05, 0) is 36.4 Å². The van der Waals surface area contributed by atoms with E-state index in [-0.39, 0.29) is 27.5 Å². The maximum atomic E-state index is 13.6. The molecule has 108 valence electrons. The van der Waals surface area contributed by atoms with Crippen LogP contribution in [0.15, 0.2) is 36.4 Å². The van der Waals surface area contributed by atoms with Gasteiger partial charge in [-0.1, -0.05) is 11.6 Å². The first kappa shape index (κ1) is 14.8. The van der Waals surface area contributed by atoms with Crippen molar-refractivity contribution in [2.75, 3.05) is 11.1 Å². The number of benzene rings is 2. The summed E-state index contributed by atoms with van der Waals surface area (Å²) >= 11 is 5.71. The van der Waals surface area contributed by atoms with Crippen molar-refractivity contribution in [3.05, 3.63) is 58.4 Å². The molecule has 0 aliphatic heterocycles. The second-order valence-electron chi connectivity index (χ2n) is 4.19. The summed E-state index contributed by atoms with van der Waals surface area (Å²) in [6.07, 6.45) is 0. The fraction of sp³-hybridized carbons (Fsp3) is 0. The van der Waals surface area contributed by atoms with Crippen LogP contribution in [0.25, 0.3) is 0 Å². The van der Waals surface area contributed by atoms with Gasteiger partial charge in [-0.2, -0.15) is 0 Å². The molecule has 4 N–H and O–H groups in total. The molecule has 2 aromatic carbocycles. The fourth-order valence-corrected chi connectivity index (χ4v) is 1.88.